The van der Waals surface area contributed by atoms with Crippen molar-refractivity contribution in [3.63, 3.8) is 0 Å². The summed E-state index contributed by atoms with van der Waals surface area (Å²) in [5.74, 6) is 0. The summed E-state index contributed by atoms with van der Waals surface area (Å²) in [7, 11) is 2.01. The second-order valence-corrected chi connectivity index (χ2v) is 3.01. The Morgan fingerprint density at radius 2 is 2.27 bits per heavy atom. The van der Waals surface area contributed by atoms with E-state index in [0.717, 1.165) is 19.5 Å². The molecule has 1 unspecified atom stereocenters. The fourth-order valence-corrected chi connectivity index (χ4v) is 1.44. The first kappa shape index (κ1) is 8.93. The molecule has 11 heavy (non-hydrogen) atoms. The van der Waals surface area contributed by atoms with Gasteiger partial charge < -0.3 is 10.8 Å². The predicted molar refractivity (Wildman–Crippen MR) is 43.9 cm³/mol. The van der Waals surface area contributed by atoms with Gasteiger partial charge in [-0.15, -0.1) is 0 Å². The first-order chi connectivity index (χ1) is 5.25. The molecule has 0 aromatic carbocycles. The van der Waals surface area contributed by atoms with Crippen LogP contribution < -0.4 is 5.73 Å². The van der Waals surface area contributed by atoms with Crippen LogP contribution in [0.3, 0.4) is 0 Å². The average molecular weight is 159 g/mol. The van der Waals surface area contributed by atoms with Crippen LogP contribution in [0.2, 0.25) is 0 Å². The Morgan fingerprint density at radius 3 is 2.91 bits per heavy atom. The third-order valence-electron chi connectivity index (χ3n) is 2.17. The molecule has 4 heteroatoms. The van der Waals surface area contributed by atoms with E-state index in [1.165, 1.54) is 0 Å². The molecular weight excluding hydrogens is 142 g/mol. The van der Waals surface area contributed by atoms with Gasteiger partial charge in [-0.25, -0.2) is 0 Å². The number of hydrogen-bond acceptors (Lipinski definition) is 4. The quantitative estimate of drug-likeness (QED) is 0.535. The lowest BCUT2D eigenvalue weighted by molar-refractivity contribution is 0.0158. The van der Waals surface area contributed by atoms with E-state index in [2.05, 4.69) is 9.80 Å². The summed E-state index contributed by atoms with van der Waals surface area (Å²) in [6.45, 7) is 2.95. The van der Waals surface area contributed by atoms with Crippen LogP contribution in [-0.2, 0) is 0 Å². The highest BCUT2D eigenvalue weighted by Crippen LogP contribution is 2.06. The van der Waals surface area contributed by atoms with Crippen LogP contribution in [0.1, 0.15) is 6.42 Å². The number of aliphatic hydroxyl groups is 1. The van der Waals surface area contributed by atoms with Crippen molar-refractivity contribution in [2.75, 3.05) is 33.3 Å². The van der Waals surface area contributed by atoms with Gasteiger partial charge in [0.15, 0.2) is 0 Å². The van der Waals surface area contributed by atoms with Crippen molar-refractivity contribution in [1.82, 2.24) is 9.80 Å². The van der Waals surface area contributed by atoms with E-state index in [-0.39, 0.29) is 12.9 Å². The molecule has 1 aliphatic rings. The number of aliphatic hydroxyl groups excluding tert-OH is 1. The Kier molecular flexibility index (Phi) is 3.26. The fraction of sp³-hybridized carbons (Fsp3) is 1.00. The fourth-order valence-electron chi connectivity index (χ4n) is 1.44. The summed E-state index contributed by atoms with van der Waals surface area (Å²) >= 11 is 0. The van der Waals surface area contributed by atoms with Gasteiger partial charge in [-0.05, 0) is 13.5 Å². The van der Waals surface area contributed by atoms with Crippen LogP contribution in [0.4, 0.5) is 0 Å². The maximum Gasteiger partial charge on any atom is 0.114 e. The van der Waals surface area contributed by atoms with Crippen LogP contribution in [0, 0.1) is 0 Å². The lowest BCUT2D eigenvalue weighted by Crippen LogP contribution is -2.57. The first-order valence-corrected chi connectivity index (χ1v) is 4.06. The van der Waals surface area contributed by atoms with Crippen molar-refractivity contribution in [2.45, 2.75) is 12.7 Å². The van der Waals surface area contributed by atoms with Crippen molar-refractivity contribution in [2.24, 2.45) is 5.73 Å². The van der Waals surface area contributed by atoms with Crippen molar-refractivity contribution < 1.29 is 5.11 Å². The largest absolute Gasteiger partial charge is 0.395 e. The van der Waals surface area contributed by atoms with Crippen molar-refractivity contribution in [1.29, 1.82) is 0 Å². The van der Waals surface area contributed by atoms with E-state index in [1.807, 2.05) is 7.05 Å². The zero-order chi connectivity index (χ0) is 8.27. The van der Waals surface area contributed by atoms with Gasteiger partial charge in [0.1, 0.15) is 6.29 Å². The third kappa shape index (κ3) is 2.13. The molecule has 0 aromatic rings. The molecule has 0 bridgehead atoms. The second-order valence-electron chi connectivity index (χ2n) is 3.01. The molecule has 0 aromatic heterocycles. The summed E-state index contributed by atoms with van der Waals surface area (Å²) < 4.78 is 0. The van der Waals surface area contributed by atoms with Crippen molar-refractivity contribution in [3.05, 3.63) is 0 Å². The Labute approximate surface area is 67.6 Å². The Bertz CT molecular complexity index is 118. The monoisotopic (exact) mass is 159 g/mol. The van der Waals surface area contributed by atoms with E-state index < -0.39 is 0 Å². The van der Waals surface area contributed by atoms with Gasteiger partial charge in [-0.2, -0.15) is 0 Å². The van der Waals surface area contributed by atoms with Crippen LogP contribution in [0.5, 0.6) is 0 Å². The van der Waals surface area contributed by atoms with Crippen LogP contribution in [-0.4, -0.2) is 54.5 Å². The molecule has 0 amide bonds. The number of nitrogens with two attached hydrogens (primary N) is 1. The molecule has 1 fully saturated rings. The highest BCUT2D eigenvalue weighted by molar-refractivity contribution is 4.71. The molecular formula is C7H17N3O. The minimum absolute atomic E-state index is 0.00380. The molecule has 0 radical (unpaired) electrons. The standard InChI is InChI=1S/C7H17N3O/c1-9-3-2-4-10(5-6-11)7(9)8/h7,11H,2-6,8H2,1H3. The summed E-state index contributed by atoms with van der Waals surface area (Å²) in [4.78, 5) is 4.18. The molecule has 0 spiro atoms. The maximum atomic E-state index is 8.71. The van der Waals surface area contributed by atoms with E-state index in [9.17, 15) is 0 Å². The predicted octanol–water partition coefficient (Wildman–Crippen LogP) is -1.14. The maximum absolute atomic E-state index is 8.71. The van der Waals surface area contributed by atoms with Crippen molar-refractivity contribution >= 4 is 0 Å². The first-order valence-electron chi connectivity index (χ1n) is 4.06. The highest BCUT2D eigenvalue weighted by atomic mass is 16.3. The van der Waals surface area contributed by atoms with E-state index >= 15 is 0 Å². The molecule has 3 N–H and O–H groups in total. The molecule has 0 saturated carbocycles. The van der Waals surface area contributed by atoms with Crippen LogP contribution >= 0.6 is 0 Å². The highest BCUT2D eigenvalue weighted by Gasteiger charge is 2.21. The van der Waals surface area contributed by atoms with Crippen LogP contribution in [0.15, 0.2) is 0 Å². The molecule has 1 rings (SSSR count). The van der Waals surface area contributed by atoms with Gasteiger partial charge in [0.2, 0.25) is 0 Å². The Hall–Kier alpha value is -0.160. The van der Waals surface area contributed by atoms with E-state index in [1.54, 1.807) is 0 Å². The SMILES string of the molecule is CN1CCCN(CCO)C1N. The third-order valence-corrected chi connectivity index (χ3v) is 2.17. The average Bonchev–Trinajstić information content (AvgIpc) is 1.99. The van der Waals surface area contributed by atoms with Gasteiger partial charge in [0.05, 0.1) is 6.61 Å². The molecule has 1 saturated heterocycles. The van der Waals surface area contributed by atoms with E-state index in [0.29, 0.717) is 6.54 Å². The smallest absolute Gasteiger partial charge is 0.114 e. The van der Waals surface area contributed by atoms with Gasteiger partial charge in [-0.1, -0.05) is 0 Å². The van der Waals surface area contributed by atoms with Gasteiger partial charge in [0.25, 0.3) is 0 Å². The Balaban J connectivity index is 2.38. The topological polar surface area (TPSA) is 52.7 Å². The van der Waals surface area contributed by atoms with E-state index in [4.69, 9.17) is 10.8 Å². The minimum atomic E-state index is -0.00380. The zero-order valence-corrected chi connectivity index (χ0v) is 7.03. The second kappa shape index (κ2) is 4.01. The molecule has 1 heterocycles. The molecule has 0 aliphatic carbocycles. The summed E-state index contributed by atoms with van der Waals surface area (Å²) in [5, 5.41) is 8.71. The Morgan fingerprint density at radius 1 is 1.55 bits per heavy atom. The number of β-amino-alcohol motifs (C(OH)–C–C–N with tert-alkyl or cyclic N) is 1. The van der Waals surface area contributed by atoms with Crippen molar-refractivity contribution in [3.8, 4) is 0 Å². The number of nitrogens with zero attached hydrogens (tertiary/aromatic N) is 2. The normalized spacial score (nSPS) is 29.2. The van der Waals surface area contributed by atoms with Gasteiger partial charge >= 0.3 is 0 Å². The molecule has 1 atom stereocenters. The lowest BCUT2D eigenvalue weighted by atomic mass is 10.3. The summed E-state index contributed by atoms with van der Waals surface area (Å²) in [6, 6.07) is 0. The zero-order valence-electron chi connectivity index (χ0n) is 7.03. The molecule has 4 nitrogen and oxygen atoms in total. The molecule has 66 valence electrons. The van der Waals surface area contributed by atoms with Gasteiger partial charge in [0, 0.05) is 19.6 Å². The number of rotatable bonds is 2. The van der Waals surface area contributed by atoms with Crippen LogP contribution in [0.25, 0.3) is 0 Å². The minimum Gasteiger partial charge on any atom is -0.395 e. The number of hydrogen-bond donors (Lipinski definition) is 2. The lowest BCUT2D eigenvalue weighted by Gasteiger charge is -2.39. The van der Waals surface area contributed by atoms with Gasteiger partial charge in [-0.3, -0.25) is 9.80 Å². The summed E-state index contributed by atoms with van der Waals surface area (Å²) in [5.41, 5.74) is 5.85. The molecule has 1 aliphatic heterocycles. The summed E-state index contributed by atoms with van der Waals surface area (Å²) in [6.07, 6.45) is 1.14.